The van der Waals surface area contributed by atoms with Gasteiger partial charge in [0.2, 0.25) is 5.91 Å². The smallest absolute Gasteiger partial charge is 0.248 e. The van der Waals surface area contributed by atoms with Crippen LogP contribution in [0.15, 0.2) is 0 Å². The van der Waals surface area contributed by atoms with Gasteiger partial charge in [-0.15, -0.1) is 0 Å². The first-order chi connectivity index (χ1) is 6.11. The molecule has 0 radical (unpaired) electrons. The van der Waals surface area contributed by atoms with Crippen molar-refractivity contribution in [2.24, 2.45) is 11.8 Å². The van der Waals surface area contributed by atoms with Gasteiger partial charge < -0.3 is 5.11 Å². The summed E-state index contributed by atoms with van der Waals surface area (Å²) in [4.78, 5) is 12.9. The summed E-state index contributed by atoms with van der Waals surface area (Å²) in [6.45, 7) is 3.76. The van der Waals surface area contributed by atoms with E-state index in [4.69, 9.17) is 5.84 Å². The summed E-state index contributed by atoms with van der Waals surface area (Å²) in [7, 11) is 0. The zero-order valence-corrected chi connectivity index (χ0v) is 7.86. The monoisotopic (exact) mass is 187 g/mol. The van der Waals surface area contributed by atoms with Crippen LogP contribution in [0.4, 0.5) is 0 Å². The van der Waals surface area contributed by atoms with Crippen molar-refractivity contribution in [3.63, 3.8) is 0 Å². The molecule has 1 heterocycles. The highest BCUT2D eigenvalue weighted by molar-refractivity contribution is 5.77. The SMILES string of the molecule is C[C@@H]1C[C@H](O)CN(CC(=O)NN)C1. The van der Waals surface area contributed by atoms with E-state index in [-0.39, 0.29) is 18.6 Å². The van der Waals surface area contributed by atoms with Gasteiger partial charge in [-0.05, 0) is 12.3 Å². The zero-order chi connectivity index (χ0) is 9.84. The van der Waals surface area contributed by atoms with Crippen molar-refractivity contribution in [2.45, 2.75) is 19.4 Å². The highest BCUT2D eigenvalue weighted by atomic mass is 16.3. The van der Waals surface area contributed by atoms with E-state index in [1.807, 2.05) is 4.90 Å². The van der Waals surface area contributed by atoms with Gasteiger partial charge in [0.15, 0.2) is 0 Å². The first-order valence-electron chi connectivity index (χ1n) is 4.51. The third-order valence-electron chi connectivity index (χ3n) is 2.24. The first-order valence-corrected chi connectivity index (χ1v) is 4.51. The first kappa shape index (κ1) is 10.4. The predicted molar refractivity (Wildman–Crippen MR) is 48.6 cm³/mol. The number of aliphatic hydroxyl groups is 1. The Bertz CT molecular complexity index is 176. The van der Waals surface area contributed by atoms with Gasteiger partial charge in [0.1, 0.15) is 0 Å². The molecule has 1 amide bonds. The fraction of sp³-hybridized carbons (Fsp3) is 0.875. The van der Waals surface area contributed by atoms with Crippen LogP contribution in [0.25, 0.3) is 0 Å². The van der Waals surface area contributed by atoms with E-state index < -0.39 is 0 Å². The van der Waals surface area contributed by atoms with Crippen LogP contribution in [-0.2, 0) is 4.79 Å². The lowest BCUT2D eigenvalue weighted by Gasteiger charge is -2.33. The minimum Gasteiger partial charge on any atom is -0.392 e. The lowest BCUT2D eigenvalue weighted by Crippen LogP contribution is -2.48. The minimum absolute atomic E-state index is 0.207. The molecule has 5 nitrogen and oxygen atoms in total. The Morgan fingerprint density at radius 1 is 1.69 bits per heavy atom. The van der Waals surface area contributed by atoms with Gasteiger partial charge in [-0.2, -0.15) is 0 Å². The summed E-state index contributed by atoms with van der Waals surface area (Å²) in [6.07, 6.45) is 0.509. The Kier molecular flexibility index (Phi) is 3.65. The number of likely N-dealkylation sites (tertiary alicyclic amines) is 1. The van der Waals surface area contributed by atoms with Gasteiger partial charge >= 0.3 is 0 Å². The van der Waals surface area contributed by atoms with Crippen molar-refractivity contribution in [2.75, 3.05) is 19.6 Å². The van der Waals surface area contributed by atoms with E-state index in [0.717, 1.165) is 13.0 Å². The van der Waals surface area contributed by atoms with Crippen molar-refractivity contribution in [3.05, 3.63) is 0 Å². The number of β-amino-alcohol motifs (C(OH)–C–C–N with tert-alkyl or cyclic N) is 1. The van der Waals surface area contributed by atoms with Gasteiger partial charge in [0.05, 0.1) is 12.6 Å². The van der Waals surface area contributed by atoms with E-state index in [0.29, 0.717) is 12.5 Å². The topological polar surface area (TPSA) is 78.6 Å². The summed E-state index contributed by atoms with van der Waals surface area (Å²) in [6, 6.07) is 0. The van der Waals surface area contributed by atoms with Crippen LogP contribution in [0.2, 0.25) is 0 Å². The van der Waals surface area contributed by atoms with E-state index in [9.17, 15) is 9.90 Å². The summed E-state index contributed by atoms with van der Waals surface area (Å²) in [5.41, 5.74) is 2.08. The van der Waals surface area contributed by atoms with Crippen molar-refractivity contribution in [3.8, 4) is 0 Å². The molecular formula is C8H17N3O2. The number of amides is 1. The molecule has 76 valence electrons. The zero-order valence-electron chi connectivity index (χ0n) is 7.86. The van der Waals surface area contributed by atoms with E-state index in [2.05, 4.69) is 12.3 Å². The third kappa shape index (κ3) is 3.30. The van der Waals surface area contributed by atoms with E-state index >= 15 is 0 Å². The van der Waals surface area contributed by atoms with Crippen molar-refractivity contribution < 1.29 is 9.90 Å². The molecule has 1 fully saturated rings. The fourth-order valence-electron chi connectivity index (χ4n) is 1.80. The number of piperidine rings is 1. The molecule has 1 aliphatic rings. The number of aliphatic hydroxyl groups excluding tert-OH is 1. The molecule has 0 bridgehead atoms. The van der Waals surface area contributed by atoms with Gasteiger partial charge in [-0.1, -0.05) is 6.92 Å². The predicted octanol–water partition coefficient (Wildman–Crippen LogP) is -1.32. The standard InChI is InChI=1S/C8H17N3O2/c1-6-2-7(12)4-11(3-6)5-8(13)10-9/h6-7,12H,2-5,9H2,1H3,(H,10,13)/t6-,7+/m1/s1. The van der Waals surface area contributed by atoms with Crippen LogP contribution in [0, 0.1) is 5.92 Å². The molecular weight excluding hydrogens is 170 g/mol. The van der Waals surface area contributed by atoms with Crippen molar-refractivity contribution in [1.82, 2.24) is 10.3 Å². The van der Waals surface area contributed by atoms with Gasteiger partial charge in [0, 0.05) is 13.1 Å². The largest absolute Gasteiger partial charge is 0.392 e. The average molecular weight is 187 g/mol. The molecule has 2 atom stereocenters. The molecule has 1 aliphatic heterocycles. The lowest BCUT2D eigenvalue weighted by atomic mass is 9.98. The molecule has 1 saturated heterocycles. The molecule has 1 rings (SSSR count). The summed E-state index contributed by atoms with van der Waals surface area (Å²) >= 11 is 0. The number of nitrogens with two attached hydrogens (primary N) is 1. The molecule has 0 aromatic carbocycles. The molecule has 0 saturated carbocycles. The number of hydrogen-bond donors (Lipinski definition) is 3. The number of carbonyl (C=O) groups excluding carboxylic acids is 1. The second kappa shape index (κ2) is 4.55. The molecule has 13 heavy (non-hydrogen) atoms. The number of hydrazine groups is 1. The number of rotatable bonds is 2. The van der Waals surface area contributed by atoms with Crippen LogP contribution in [0.3, 0.4) is 0 Å². The number of hydrogen-bond acceptors (Lipinski definition) is 4. The van der Waals surface area contributed by atoms with Crippen LogP contribution >= 0.6 is 0 Å². The summed E-state index contributed by atoms with van der Waals surface area (Å²) in [5, 5.41) is 9.43. The molecule has 0 unspecified atom stereocenters. The quantitative estimate of drug-likeness (QED) is 0.284. The van der Waals surface area contributed by atoms with Crippen molar-refractivity contribution >= 4 is 5.91 Å². The lowest BCUT2D eigenvalue weighted by molar-refractivity contribution is -0.123. The second-order valence-electron chi connectivity index (χ2n) is 3.76. The summed E-state index contributed by atoms with van der Waals surface area (Å²) < 4.78 is 0. The Labute approximate surface area is 77.9 Å². The minimum atomic E-state index is -0.311. The van der Waals surface area contributed by atoms with Gasteiger partial charge in [-0.3, -0.25) is 15.1 Å². The van der Waals surface area contributed by atoms with Crippen LogP contribution in [0.1, 0.15) is 13.3 Å². The van der Waals surface area contributed by atoms with E-state index in [1.54, 1.807) is 0 Å². The Hall–Kier alpha value is -0.650. The maximum atomic E-state index is 10.9. The molecule has 0 aromatic heterocycles. The Morgan fingerprint density at radius 3 is 2.92 bits per heavy atom. The molecule has 0 aromatic rings. The maximum Gasteiger partial charge on any atom is 0.248 e. The normalized spacial score (nSPS) is 30.1. The highest BCUT2D eigenvalue weighted by Crippen LogP contribution is 2.15. The maximum absolute atomic E-state index is 10.9. The molecule has 5 heteroatoms. The molecule has 0 aliphatic carbocycles. The Morgan fingerprint density at radius 2 is 2.38 bits per heavy atom. The van der Waals surface area contributed by atoms with Crippen LogP contribution in [-0.4, -0.2) is 41.7 Å². The highest BCUT2D eigenvalue weighted by Gasteiger charge is 2.23. The second-order valence-corrected chi connectivity index (χ2v) is 3.76. The fourth-order valence-corrected chi connectivity index (χ4v) is 1.80. The molecule has 4 N–H and O–H groups in total. The van der Waals surface area contributed by atoms with Crippen LogP contribution < -0.4 is 11.3 Å². The summed E-state index contributed by atoms with van der Waals surface area (Å²) in [5.74, 6) is 5.20. The molecule has 0 spiro atoms. The average Bonchev–Trinajstić information content (AvgIpc) is 2.02. The van der Waals surface area contributed by atoms with Gasteiger partial charge in [0.25, 0.3) is 0 Å². The third-order valence-corrected chi connectivity index (χ3v) is 2.24. The van der Waals surface area contributed by atoms with Gasteiger partial charge in [-0.25, -0.2) is 5.84 Å². The van der Waals surface area contributed by atoms with E-state index in [1.165, 1.54) is 0 Å². The number of carbonyl (C=O) groups is 1. The van der Waals surface area contributed by atoms with Crippen molar-refractivity contribution in [1.29, 1.82) is 0 Å². The number of nitrogens with one attached hydrogen (secondary N) is 1. The van der Waals surface area contributed by atoms with Crippen LogP contribution in [0.5, 0.6) is 0 Å². The number of nitrogens with zero attached hydrogens (tertiary/aromatic N) is 1. The Balaban J connectivity index is 2.37.